The molecule has 0 aliphatic heterocycles. The summed E-state index contributed by atoms with van der Waals surface area (Å²) in [5.41, 5.74) is -0.708. The predicted octanol–water partition coefficient (Wildman–Crippen LogP) is 24.7. The van der Waals surface area contributed by atoms with E-state index in [0.29, 0.717) is 13.0 Å². The molecule has 0 spiro atoms. The summed E-state index contributed by atoms with van der Waals surface area (Å²) >= 11 is 0. The molecule has 0 aliphatic rings. The van der Waals surface area contributed by atoms with E-state index in [2.05, 4.69) is 50.3 Å². The van der Waals surface area contributed by atoms with Gasteiger partial charge in [-0.25, -0.2) is 0 Å². The van der Waals surface area contributed by atoms with Crippen molar-refractivity contribution in [1.82, 2.24) is 0 Å². The summed E-state index contributed by atoms with van der Waals surface area (Å²) in [6, 6.07) is 0. The first-order valence-electron chi connectivity index (χ1n) is 38.0. The van der Waals surface area contributed by atoms with Crippen LogP contribution in [-0.2, 0) is 28.7 Å². The van der Waals surface area contributed by atoms with Gasteiger partial charge in [0.25, 0.3) is 0 Å². The van der Waals surface area contributed by atoms with Crippen LogP contribution in [0.5, 0.6) is 0 Å². The molecule has 0 radical (unpaired) electrons. The van der Waals surface area contributed by atoms with Crippen LogP contribution in [0.15, 0.2) is 36.5 Å². The fraction of sp³-hybridized carbons (Fsp3) is 0.859. The van der Waals surface area contributed by atoms with Crippen molar-refractivity contribution in [2.75, 3.05) is 6.61 Å². The smallest absolute Gasteiger partial charge is 0.312 e. The molecule has 10 nitrogen and oxygen atoms in total. The van der Waals surface area contributed by atoms with Crippen LogP contribution in [0.4, 0.5) is 0 Å². The Morgan fingerprint density at radius 2 is 0.500 bits per heavy atom. The highest BCUT2D eigenvalue weighted by Gasteiger charge is 2.55. The molecule has 0 aliphatic carbocycles. The first-order chi connectivity index (χ1) is 43.0. The van der Waals surface area contributed by atoms with Gasteiger partial charge in [0.15, 0.2) is 0 Å². The Labute approximate surface area is 542 Å². The Kier molecular flexibility index (Phi) is 62.5. The predicted molar refractivity (Wildman–Crippen MR) is 371 cm³/mol. The maximum atomic E-state index is 15.6. The molecule has 0 saturated heterocycles. The largest absolute Gasteiger partial charge is 0.481 e. The molecule has 0 aromatic rings. The van der Waals surface area contributed by atoms with Crippen LogP contribution in [-0.4, -0.2) is 56.9 Å². The van der Waals surface area contributed by atoms with Gasteiger partial charge in [-0.3, -0.25) is 24.0 Å². The van der Waals surface area contributed by atoms with Crippen molar-refractivity contribution in [1.29, 1.82) is 0 Å². The maximum Gasteiger partial charge on any atom is 0.312 e. The minimum atomic E-state index is -0.709. The quantitative estimate of drug-likeness (QED) is 0.0261. The third-order valence-corrected chi connectivity index (χ3v) is 18.9. The van der Waals surface area contributed by atoms with E-state index >= 15 is 4.79 Å². The van der Waals surface area contributed by atoms with E-state index in [1.54, 1.807) is 0 Å². The van der Waals surface area contributed by atoms with Gasteiger partial charge in [0, 0.05) is 25.7 Å². The molecule has 0 fully saturated rings. The average molecular weight is 1240 g/mol. The second-order valence-electron chi connectivity index (χ2n) is 26.9. The Morgan fingerprint density at radius 1 is 0.273 bits per heavy atom. The fourth-order valence-corrected chi connectivity index (χ4v) is 13.5. The number of aliphatic carboxylic acids is 4. The average Bonchev–Trinajstić information content (AvgIpc) is 0.815. The first-order valence-corrected chi connectivity index (χ1v) is 38.0. The topological polar surface area (TPSA) is 175 Å². The van der Waals surface area contributed by atoms with Crippen molar-refractivity contribution in [3.05, 3.63) is 36.5 Å². The van der Waals surface area contributed by atoms with Gasteiger partial charge in [0.1, 0.15) is 0 Å². The van der Waals surface area contributed by atoms with E-state index in [1.807, 2.05) is 0 Å². The number of ether oxygens (including phenoxy) is 1. The number of carboxylic acid groups (broad SMARTS) is 4. The molecule has 0 amide bonds. The van der Waals surface area contributed by atoms with Crippen molar-refractivity contribution in [2.24, 2.45) is 10.8 Å². The summed E-state index contributed by atoms with van der Waals surface area (Å²) in [4.78, 5) is 59.6. The molecule has 10 heteroatoms. The van der Waals surface area contributed by atoms with Crippen LogP contribution in [0.25, 0.3) is 0 Å². The summed E-state index contributed by atoms with van der Waals surface area (Å²) in [6.07, 6.45) is 80.0. The van der Waals surface area contributed by atoms with Gasteiger partial charge in [0.05, 0.1) is 12.0 Å². The lowest BCUT2D eigenvalue weighted by Crippen LogP contribution is -2.49. The minimum Gasteiger partial charge on any atom is -0.481 e. The molecule has 2 atom stereocenters. The molecule has 0 rings (SSSR count). The van der Waals surface area contributed by atoms with E-state index < -0.39 is 29.3 Å². The molecular weight excluding hydrogens is 1100 g/mol. The molecule has 88 heavy (non-hydrogen) atoms. The van der Waals surface area contributed by atoms with Crippen LogP contribution in [0.2, 0.25) is 0 Å². The number of esters is 1. The third kappa shape index (κ3) is 54.3. The third-order valence-electron chi connectivity index (χ3n) is 18.9. The lowest BCUT2D eigenvalue weighted by molar-refractivity contribution is -0.171. The Balaban J connectivity index is 6.59. The molecule has 0 aromatic carbocycles. The summed E-state index contributed by atoms with van der Waals surface area (Å²) in [6.45, 7) is 4.88. The number of allylic oxidation sites excluding steroid dienone is 6. The zero-order chi connectivity index (χ0) is 64.4. The van der Waals surface area contributed by atoms with Gasteiger partial charge >= 0.3 is 29.8 Å². The lowest BCUT2D eigenvalue weighted by atomic mass is 9.53. The van der Waals surface area contributed by atoms with Gasteiger partial charge < -0.3 is 25.2 Å². The highest BCUT2D eigenvalue weighted by atomic mass is 16.5. The van der Waals surface area contributed by atoms with Gasteiger partial charge in [-0.05, 0) is 127 Å². The Bertz CT molecular complexity index is 1690. The maximum absolute atomic E-state index is 15.6. The number of carboxylic acids is 4. The molecule has 0 heterocycles. The number of rotatable bonds is 72. The highest BCUT2D eigenvalue weighted by Crippen LogP contribution is 2.57. The van der Waals surface area contributed by atoms with Crippen LogP contribution < -0.4 is 0 Å². The normalized spacial score (nSPS) is 13.2. The van der Waals surface area contributed by atoms with E-state index in [-0.39, 0.29) is 30.6 Å². The van der Waals surface area contributed by atoms with E-state index in [9.17, 15) is 24.3 Å². The van der Waals surface area contributed by atoms with Crippen molar-refractivity contribution in [3.63, 3.8) is 0 Å². The Morgan fingerprint density at radius 3 is 0.773 bits per heavy atom. The molecule has 0 aromatic heterocycles. The van der Waals surface area contributed by atoms with Crippen molar-refractivity contribution >= 4 is 29.8 Å². The van der Waals surface area contributed by atoms with Gasteiger partial charge in [-0.15, -0.1) is 0 Å². The first kappa shape index (κ1) is 84.6. The number of unbranched alkanes of at least 4 members (excludes halogenated alkanes) is 44. The second-order valence-corrected chi connectivity index (χ2v) is 26.9. The number of hydrogen-bond acceptors (Lipinski definition) is 6. The lowest BCUT2D eigenvalue weighted by Gasteiger charge is -2.51. The van der Waals surface area contributed by atoms with E-state index in [1.165, 1.54) is 141 Å². The summed E-state index contributed by atoms with van der Waals surface area (Å²) in [5.74, 6) is -2.71. The monoisotopic (exact) mass is 1240 g/mol. The highest BCUT2D eigenvalue weighted by molar-refractivity contribution is 5.78. The van der Waals surface area contributed by atoms with Crippen molar-refractivity contribution < 1.29 is 49.1 Å². The molecular formula is C78H142O10. The van der Waals surface area contributed by atoms with Crippen LogP contribution in [0, 0.1) is 10.8 Å². The van der Waals surface area contributed by atoms with Gasteiger partial charge in [0.2, 0.25) is 0 Å². The zero-order valence-electron chi connectivity index (χ0n) is 57.8. The molecule has 0 bridgehead atoms. The minimum absolute atomic E-state index is 0.0858. The number of hydrogen-bond donors (Lipinski definition) is 4. The van der Waals surface area contributed by atoms with Gasteiger partial charge in [-0.2, -0.15) is 0 Å². The summed E-state index contributed by atoms with van der Waals surface area (Å²) in [7, 11) is 0. The van der Waals surface area contributed by atoms with E-state index in [0.717, 1.165) is 231 Å². The van der Waals surface area contributed by atoms with Crippen LogP contribution in [0.1, 0.15) is 412 Å². The van der Waals surface area contributed by atoms with Gasteiger partial charge in [-0.1, -0.05) is 301 Å². The summed E-state index contributed by atoms with van der Waals surface area (Å²) in [5, 5.41) is 36.2. The summed E-state index contributed by atoms with van der Waals surface area (Å²) < 4.78 is 6.57. The SMILES string of the molecule is CCCCCCCCC=CCCCCCC(CCCCCCCCCCCCCCCCCC(=O)O)(CCCCCCCCC(=O)O)C(CCCCCC=CCC=CCCCCCCCC(=O)O)(CCCCCCCCCCCC(=O)O)C(=O)OCCC. The zero-order valence-corrected chi connectivity index (χ0v) is 57.8. The van der Waals surface area contributed by atoms with E-state index in [4.69, 9.17) is 20.1 Å². The molecule has 2 unspecified atom stereocenters. The van der Waals surface area contributed by atoms with Crippen molar-refractivity contribution in [2.45, 2.75) is 412 Å². The second kappa shape index (κ2) is 65.1. The molecule has 4 N–H and O–H groups in total. The molecule has 514 valence electrons. The van der Waals surface area contributed by atoms with Crippen molar-refractivity contribution in [3.8, 4) is 0 Å². The van der Waals surface area contributed by atoms with Crippen LogP contribution in [0.3, 0.4) is 0 Å². The number of carbonyl (C=O) groups is 5. The van der Waals surface area contributed by atoms with Crippen LogP contribution >= 0.6 is 0 Å². The number of carbonyl (C=O) groups excluding carboxylic acids is 1. The fourth-order valence-electron chi connectivity index (χ4n) is 13.5. The standard InChI is InChI=1S/C78H142O10/c1-3-5-6-7-8-9-10-19-24-31-39-48-57-66-77(68-59-50-43-38-47-56-65-75(85)86,67-58-49-40-32-25-20-15-11-13-17-22-28-35-44-53-62-72(79)80)78(76(87)88-71-4-2,70-61-52-42-34-27-30-37-46-55-64-74(83)84)69-60-51-41-33-26-21-16-12-14-18-23-29-36-45-54-63-73(81)82/h12,14,19,21,24,26H,3-11,13,15-18,20,22-23,25,27-71H2,1-2H3,(H,79,80)(H,81,82)(H,83,84)(H,85,86). The Hall–Kier alpha value is -3.43. The molecule has 0 saturated carbocycles.